The van der Waals surface area contributed by atoms with Gasteiger partial charge in [0, 0.05) is 24.5 Å². The first kappa shape index (κ1) is 17.2. The molecule has 1 aliphatic heterocycles. The molecule has 1 amide bonds. The van der Waals surface area contributed by atoms with Gasteiger partial charge in [0.15, 0.2) is 10.9 Å². The molecule has 0 saturated carbocycles. The Morgan fingerprint density at radius 1 is 1.31 bits per heavy atom. The predicted octanol–water partition coefficient (Wildman–Crippen LogP) is 3.96. The number of hydrogen-bond donors (Lipinski definition) is 1. The van der Waals surface area contributed by atoms with E-state index in [-0.39, 0.29) is 17.7 Å². The topological polar surface area (TPSA) is 62.3 Å². The minimum Gasteiger partial charge on any atom is -0.347 e. The standard InChI is InChI=1S/C19H19N3O2S2/c1-12(23)17-9-13(11-25-17)18(24)20-14-5-4-8-22(10-14)19-21-15-6-2-3-7-16(15)26-19/h2-3,6-7,9,11,14H,4-5,8,10H2,1H3,(H,20,24)/t14-/m0/s1. The van der Waals surface area contributed by atoms with E-state index in [1.807, 2.05) is 18.2 Å². The molecule has 0 bridgehead atoms. The van der Waals surface area contributed by atoms with Gasteiger partial charge in [-0.25, -0.2) is 4.98 Å². The number of hydrogen-bond acceptors (Lipinski definition) is 6. The average molecular weight is 386 g/mol. The molecule has 0 aliphatic carbocycles. The summed E-state index contributed by atoms with van der Waals surface area (Å²) in [5.74, 6) is -0.112. The molecule has 1 N–H and O–H groups in total. The molecular formula is C19H19N3O2S2. The van der Waals surface area contributed by atoms with E-state index >= 15 is 0 Å². The number of fused-ring (bicyclic) bond motifs is 1. The van der Waals surface area contributed by atoms with Crippen molar-refractivity contribution in [1.29, 1.82) is 0 Å². The Bertz CT molecular complexity index is 930. The van der Waals surface area contributed by atoms with Crippen LogP contribution in [-0.4, -0.2) is 35.8 Å². The summed E-state index contributed by atoms with van der Waals surface area (Å²) in [5.41, 5.74) is 1.59. The van der Waals surface area contributed by atoms with E-state index in [1.165, 1.54) is 23.0 Å². The number of para-hydroxylation sites is 1. The summed E-state index contributed by atoms with van der Waals surface area (Å²) in [6.45, 7) is 3.24. The number of thiazole rings is 1. The maximum absolute atomic E-state index is 12.5. The summed E-state index contributed by atoms with van der Waals surface area (Å²) in [6.07, 6.45) is 1.97. The van der Waals surface area contributed by atoms with Crippen molar-refractivity contribution < 1.29 is 9.59 Å². The average Bonchev–Trinajstić information content (AvgIpc) is 3.29. The molecule has 1 aliphatic rings. The van der Waals surface area contributed by atoms with Crippen LogP contribution in [-0.2, 0) is 0 Å². The normalized spacial score (nSPS) is 17.4. The van der Waals surface area contributed by atoms with Crippen LogP contribution in [0.25, 0.3) is 10.2 Å². The first-order chi connectivity index (χ1) is 12.6. The first-order valence-corrected chi connectivity index (χ1v) is 10.3. The van der Waals surface area contributed by atoms with E-state index in [4.69, 9.17) is 4.98 Å². The number of amides is 1. The summed E-state index contributed by atoms with van der Waals surface area (Å²) in [5, 5.41) is 5.88. The molecular weight excluding hydrogens is 366 g/mol. The summed E-state index contributed by atoms with van der Waals surface area (Å²) in [7, 11) is 0. The fourth-order valence-corrected chi connectivity index (χ4v) is 4.96. The third kappa shape index (κ3) is 3.50. The molecule has 1 aromatic carbocycles. The van der Waals surface area contributed by atoms with Gasteiger partial charge in [-0.3, -0.25) is 9.59 Å². The lowest BCUT2D eigenvalue weighted by atomic mass is 10.1. The zero-order chi connectivity index (χ0) is 18.1. The lowest BCUT2D eigenvalue weighted by Crippen LogP contribution is -2.47. The molecule has 134 valence electrons. The van der Waals surface area contributed by atoms with Gasteiger partial charge in [0.25, 0.3) is 5.91 Å². The lowest BCUT2D eigenvalue weighted by Gasteiger charge is -2.32. The van der Waals surface area contributed by atoms with Gasteiger partial charge in [-0.2, -0.15) is 0 Å². The van der Waals surface area contributed by atoms with Crippen LogP contribution < -0.4 is 10.2 Å². The van der Waals surface area contributed by atoms with Gasteiger partial charge >= 0.3 is 0 Å². The van der Waals surface area contributed by atoms with Crippen molar-refractivity contribution in [1.82, 2.24) is 10.3 Å². The van der Waals surface area contributed by atoms with E-state index in [0.29, 0.717) is 10.4 Å². The number of nitrogens with zero attached hydrogens (tertiary/aromatic N) is 2. The van der Waals surface area contributed by atoms with Crippen LogP contribution >= 0.6 is 22.7 Å². The van der Waals surface area contributed by atoms with Gasteiger partial charge in [-0.15, -0.1) is 11.3 Å². The second-order valence-corrected chi connectivity index (χ2v) is 8.40. The number of nitrogens with one attached hydrogen (secondary N) is 1. The van der Waals surface area contributed by atoms with Crippen molar-refractivity contribution in [3.8, 4) is 0 Å². The van der Waals surface area contributed by atoms with Gasteiger partial charge in [0.2, 0.25) is 0 Å². The summed E-state index contributed by atoms with van der Waals surface area (Å²) < 4.78 is 1.18. The SMILES string of the molecule is CC(=O)c1cc(C(=O)N[C@H]2CCCN(c3nc4ccccc4s3)C2)cs1. The third-order valence-corrected chi connectivity index (χ3v) is 6.65. The quantitative estimate of drug-likeness (QED) is 0.691. The molecule has 3 heterocycles. The summed E-state index contributed by atoms with van der Waals surface area (Å²) >= 11 is 3.01. The van der Waals surface area contributed by atoms with E-state index in [9.17, 15) is 9.59 Å². The van der Waals surface area contributed by atoms with Crippen molar-refractivity contribution >= 4 is 49.7 Å². The maximum atomic E-state index is 12.5. The Balaban J connectivity index is 1.44. The van der Waals surface area contributed by atoms with Gasteiger partial charge in [-0.1, -0.05) is 23.5 Å². The number of Topliss-reactive ketones (excluding diaryl/α,β-unsaturated/α-hetero) is 1. The molecule has 7 heteroatoms. The molecule has 4 rings (SSSR count). The molecule has 26 heavy (non-hydrogen) atoms. The zero-order valence-corrected chi connectivity index (χ0v) is 16.0. The number of ketones is 1. The largest absolute Gasteiger partial charge is 0.347 e. The van der Waals surface area contributed by atoms with Crippen LogP contribution in [0.1, 0.15) is 39.8 Å². The van der Waals surface area contributed by atoms with Crippen LogP contribution in [0.3, 0.4) is 0 Å². The fraction of sp³-hybridized carbons (Fsp3) is 0.316. The highest BCUT2D eigenvalue weighted by Gasteiger charge is 2.24. The Hall–Kier alpha value is -2.25. The highest BCUT2D eigenvalue weighted by molar-refractivity contribution is 7.22. The Kier molecular flexibility index (Phi) is 4.74. The molecule has 1 atom stereocenters. The second-order valence-electron chi connectivity index (χ2n) is 6.48. The minimum atomic E-state index is -0.107. The fourth-order valence-electron chi connectivity index (χ4n) is 3.17. The van der Waals surface area contributed by atoms with Gasteiger partial charge in [0.1, 0.15) is 0 Å². The van der Waals surface area contributed by atoms with Gasteiger partial charge < -0.3 is 10.2 Å². The van der Waals surface area contributed by atoms with E-state index in [2.05, 4.69) is 16.3 Å². The van der Waals surface area contributed by atoms with Crippen molar-refractivity contribution in [3.05, 3.63) is 46.2 Å². The molecule has 5 nitrogen and oxygen atoms in total. The van der Waals surface area contributed by atoms with E-state index < -0.39 is 0 Å². The molecule has 0 unspecified atom stereocenters. The number of rotatable bonds is 4. The van der Waals surface area contributed by atoms with E-state index in [1.54, 1.807) is 22.8 Å². The van der Waals surface area contributed by atoms with Crippen LogP contribution in [0.5, 0.6) is 0 Å². The summed E-state index contributed by atoms with van der Waals surface area (Å²) in [4.78, 5) is 31.5. The van der Waals surface area contributed by atoms with Crippen LogP contribution in [0.15, 0.2) is 35.7 Å². The molecule has 0 radical (unpaired) electrons. The highest BCUT2D eigenvalue weighted by atomic mass is 32.1. The Morgan fingerprint density at radius 3 is 2.92 bits per heavy atom. The van der Waals surface area contributed by atoms with Crippen molar-refractivity contribution in [2.45, 2.75) is 25.8 Å². The van der Waals surface area contributed by atoms with Crippen LogP contribution in [0.4, 0.5) is 5.13 Å². The minimum absolute atomic E-state index is 0.00581. The van der Waals surface area contributed by atoms with Crippen LogP contribution in [0.2, 0.25) is 0 Å². The number of piperidine rings is 1. The molecule has 1 saturated heterocycles. The molecule has 3 aromatic rings. The van der Waals surface area contributed by atoms with Crippen LogP contribution in [0, 0.1) is 0 Å². The van der Waals surface area contributed by atoms with E-state index in [0.717, 1.165) is 36.6 Å². The smallest absolute Gasteiger partial charge is 0.252 e. The Labute approximate surface area is 159 Å². The molecule has 1 fully saturated rings. The van der Waals surface area contributed by atoms with Gasteiger partial charge in [0.05, 0.1) is 20.7 Å². The zero-order valence-electron chi connectivity index (χ0n) is 14.4. The predicted molar refractivity (Wildman–Crippen MR) is 107 cm³/mol. The first-order valence-electron chi connectivity index (χ1n) is 8.61. The van der Waals surface area contributed by atoms with Crippen molar-refractivity contribution in [3.63, 3.8) is 0 Å². The number of carbonyl (C=O) groups is 2. The number of aromatic nitrogens is 1. The third-order valence-electron chi connectivity index (χ3n) is 4.52. The molecule has 2 aromatic heterocycles. The van der Waals surface area contributed by atoms with Crippen molar-refractivity contribution in [2.75, 3.05) is 18.0 Å². The summed E-state index contributed by atoms with van der Waals surface area (Å²) in [6, 6.07) is 9.91. The monoisotopic (exact) mass is 385 g/mol. The highest BCUT2D eigenvalue weighted by Crippen LogP contribution is 2.30. The number of thiophene rings is 1. The van der Waals surface area contributed by atoms with Crippen molar-refractivity contribution in [2.24, 2.45) is 0 Å². The lowest BCUT2D eigenvalue weighted by molar-refractivity contribution is 0.0933. The molecule has 0 spiro atoms. The number of carbonyl (C=O) groups excluding carboxylic acids is 2. The Morgan fingerprint density at radius 2 is 2.15 bits per heavy atom. The number of anilines is 1. The maximum Gasteiger partial charge on any atom is 0.252 e. The second kappa shape index (κ2) is 7.17. The van der Waals surface area contributed by atoms with Gasteiger partial charge in [-0.05, 0) is 38.0 Å². The number of benzene rings is 1.